The van der Waals surface area contributed by atoms with Crippen LogP contribution in [0.5, 0.6) is 5.75 Å². The number of aryl methyl sites for hydroxylation is 1. The van der Waals surface area contributed by atoms with E-state index in [2.05, 4.69) is 5.32 Å². The van der Waals surface area contributed by atoms with E-state index in [1.807, 2.05) is 26.8 Å². The Bertz CT molecular complexity index is 1180. The van der Waals surface area contributed by atoms with Gasteiger partial charge in [0.2, 0.25) is 5.91 Å². The zero-order valence-electron chi connectivity index (χ0n) is 17.1. The molecule has 152 valence electrons. The topological polar surface area (TPSA) is 82.3 Å². The smallest absolute Gasteiger partial charge is 0.336 e. The number of hydrogen-bond donors (Lipinski definition) is 1. The molecule has 1 unspecified atom stereocenters. The first-order chi connectivity index (χ1) is 13.9. The molecule has 0 bridgehead atoms. The molecule has 1 amide bonds. The first-order valence-electron chi connectivity index (χ1n) is 9.56. The molecule has 0 radical (unpaired) electrons. The number of carbonyl (C=O) groups excluding carboxylic acids is 1. The number of amides is 1. The number of ether oxygens (including phenoxy) is 1. The number of aromatic nitrogens is 2. The van der Waals surface area contributed by atoms with Crippen LogP contribution in [-0.2, 0) is 11.3 Å². The molecule has 7 nitrogen and oxygen atoms in total. The average Bonchev–Trinajstić information content (AvgIpc) is 2.71. The highest BCUT2D eigenvalue weighted by atomic mass is 16.5. The van der Waals surface area contributed by atoms with Crippen molar-refractivity contribution >= 4 is 16.8 Å². The predicted octanol–water partition coefficient (Wildman–Crippen LogP) is 2.38. The average molecular weight is 395 g/mol. The molecule has 1 atom stereocenters. The number of hydrogen-bond acceptors (Lipinski definition) is 4. The number of rotatable bonds is 6. The van der Waals surface area contributed by atoms with Gasteiger partial charge in [-0.2, -0.15) is 0 Å². The monoisotopic (exact) mass is 395 g/mol. The normalized spacial score (nSPS) is 12.0. The molecular formula is C22H25N3O4. The van der Waals surface area contributed by atoms with Crippen LogP contribution in [0.15, 0.2) is 52.1 Å². The molecule has 3 aromatic rings. The zero-order valence-corrected chi connectivity index (χ0v) is 17.1. The van der Waals surface area contributed by atoms with Crippen molar-refractivity contribution in [1.82, 2.24) is 14.5 Å². The van der Waals surface area contributed by atoms with Crippen molar-refractivity contribution < 1.29 is 9.53 Å². The van der Waals surface area contributed by atoms with Crippen LogP contribution in [0.4, 0.5) is 0 Å². The van der Waals surface area contributed by atoms with E-state index in [1.54, 1.807) is 36.4 Å². The maximum absolute atomic E-state index is 13.3. The molecule has 1 aromatic heterocycles. The zero-order chi connectivity index (χ0) is 21.1. The van der Waals surface area contributed by atoms with Gasteiger partial charge in [0, 0.05) is 6.04 Å². The summed E-state index contributed by atoms with van der Waals surface area (Å²) in [7, 11) is 1.48. The highest BCUT2D eigenvalue weighted by Gasteiger charge is 2.19. The van der Waals surface area contributed by atoms with Gasteiger partial charge in [0.05, 0.1) is 23.7 Å². The van der Waals surface area contributed by atoms with Gasteiger partial charge >= 0.3 is 5.69 Å². The molecule has 0 aliphatic carbocycles. The first-order valence-corrected chi connectivity index (χ1v) is 9.56. The third-order valence-corrected chi connectivity index (χ3v) is 4.95. The van der Waals surface area contributed by atoms with E-state index >= 15 is 0 Å². The Balaban J connectivity index is 2.29. The van der Waals surface area contributed by atoms with Gasteiger partial charge in [-0.05, 0) is 44.5 Å². The first kappa shape index (κ1) is 20.4. The van der Waals surface area contributed by atoms with Crippen molar-refractivity contribution in [2.24, 2.45) is 0 Å². The fourth-order valence-corrected chi connectivity index (χ4v) is 3.23. The van der Waals surface area contributed by atoms with Crippen molar-refractivity contribution in [2.75, 3.05) is 7.11 Å². The van der Waals surface area contributed by atoms with Crippen molar-refractivity contribution in [1.29, 1.82) is 0 Å². The molecule has 0 fully saturated rings. The molecule has 2 aromatic carbocycles. The number of para-hydroxylation sites is 2. The standard InChI is InChI=1S/C22H25N3O4/c1-5-15(3)23-20(26)13-24-17-11-10-14(2)12-16(17)21(27)25(22(24)28)18-8-6-7-9-19(18)29-4/h6-12,15H,5,13H2,1-4H3,(H,23,26). The maximum Gasteiger partial charge on any atom is 0.336 e. The van der Waals surface area contributed by atoms with E-state index in [0.717, 1.165) is 16.6 Å². The SMILES string of the molecule is CCC(C)NC(=O)Cn1c(=O)n(-c2ccccc2OC)c(=O)c2cc(C)ccc21. The molecule has 7 heteroatoms. The molecule has 0 aliphatic rings. The van der Waals surface area contributed by atoms with Gasteiger partial charge in [0.1, 0.15) is 12.3 Å². The summed E-state index contributed by atoms with van der Waals surface area (Å²) in [5.41, 5.74) is 0.614. The Morgan fingerprint density at radius 3 is 2.59 bits per heavy atom. The maximum atomic E-state index is 13.3. The molecule has 3 rings (SSSR count). The number of carbonyl (C=O) groups is 1. The Hall–Kier alpha value is -3.35. The second kappa shape index (κ2) is 8.34. The van der Waals surface area contributed by atoms with Crippen LogP contribution in [0, 0.1) is 6.92 Å². The Morgan fingerprint density at radius 1 is 1.17 bits per heavy atom. The second-order valence-corrected chi connectivity index (χ2v) is 7.08. The van der Waals surface area contributed by atoms with Crippen molar-refractivity contribution in [2.45, 2.75) is 39.8 Å². The number of nitrogens with zero attached hydrogens (tertiary/aromatic N) is 2. The van der Waals surface area contributed by atoms with Crippen LogP contribution in [-0.4, -0.2) is 28.2 Å². The fourth-order valence-electron chi connectivity index (χ4n) is 3.23. The Morgan fingerprint density at radius 2 is 1.90 bits per heavy atom. The highest BCUT2D eigenvalue weighted by Crippen LogP contribution is 2.20. The lowest BCUT2D eigenvalue weighted by atomic mass is 10.1. The second-order valence-electron chi connectivity index (χ2n) is 7.08. The minimum Gasteiger partial charge on any atom is -0.495 e. The quantitative estimate of drug-likeness (QED) is 0.695. The van der Waals surface area contributed by atoms with Crippen LogP contribution in [0.25, 0.3) is 16.6 Å². The summed E-state index contributed by atoms with van der Waals surface area (Å²) < 4.78 is 7.75. The third kappa shape index (κ3) is 3.94. The summed E-state index contributed by atoms with van der Waals surface area (Å²) in [4.78, 5) is 39.1. The van der Waals surface area contributed by atoms with E-state index in [-0.39, 0.29) is 18.5 Å². The molecule has 0 saturated carbocycles. The van der Waals surface area contributed by atoms with E-state index in [9.17, 15) is 14.4 Å². The number of nitrogens with one attached hydrogen (secondary N) is 1. The minimum atomic E-state index is -0.588. The van der Waals surface area contributed by atoms with E-state index in [0.29, 0.717) is 22.3 Å². The molecule has 1 N–H and O–H groups in total. The molecule has 0 spiro atoms. The molecule has 1 heterocycles. The molecular weight excluding hydrogens is 370 g/mol. The number of methoxy groups -OCH3 is 1. The van der Waals surface area contributed by atoms with E-state index < -0.39 is 11.2 Å². The van der Waals surface area contributed by atoms with Crippen molar-refractivity contribution in [3.8, 4) is 11.4 Å². The summed E-state index contributed by atoms with van der Waals surface area (Å²) in [5, 5.41) is 3.23. The summed E-state index contributed by atoms with van der Waals surface area (Å²) in [6.45, 7) is 5.56. The highest BCUT2D eigenvalue weighted by molar-refractivity contribution is 5.82. The molecule has 0 saturated heterocycles. The molecule has 29 heavy (non-hydrogen) atoms. The van der Waals surface area contributed by atoms with E-state index in [4.69, 9.17) is 4.74 Å². The summed E-state index contributed by atoms with van der Waals surface area (Å²) in [5.74, 6) is 0.114. The lowest BCUT2D eigenvalue weighted by Crippen LogP contribution is -2.43. The van der Waals surface area contributed by atoms with Gasteiger partial charge in [0.15, 0.2) is 0 Å². The van der Waals surface area contributed by atoms with Gasteiger partial charge in [-0.15, -0.1) is 0 Å². The van der Waals surface area contributed by atoms with Crippen LogP contribution in [0.3, 0.4) is 0 Å². The van der Waals surface area contributed by atoms with E-state index in [1.165, 1.54) is 11.7 Å². The van der Waals surface area contributed by atoms with Gasteiger partial charge in [-0.25, -0.2) is 9.36 Å². The molecule has 0 aliphatic heterocycles. The lowest BCUT2D eigenvalue weighted by molar-refractivity contribution is -0.122. The van der Waals surface area contributed by atoms with Crippen LogP contribution in [0.2, 0.25) is 0 Å². The predicted molar refractivity (Wildman–Crippen MR) is 113 cm³/mol. The van der Waals surface area contributed by atoms with Gasteiger partial charge in [-0.3, -0.25) is 14.2 Å². The number of benzene rings is 2. The summed E-state index contributed by atoms with van der Waals surface area (Å²) >= 11 is 0. The lowest BCUT2D eigenvalue weighted by Gasteiger charge is -2.17. The third-order valence-electron chi connectivity index (χ3n) is 4.95. The van der Waals surface area contributed by atoms with Crippen molar-refractivity contribution in [3.05, 3.63) is 68.9 Å². The van der Waals surface area contributed by atoms with Crippen LogP contribution >= 0.6 is 0 Å². The Labute approximate surface area is 168 Å². The number of fused-ring (bicyclic) bond motifs is 1. The Kier molecular flexibility index (Phi) is 5.87. The fraction of sp³-hybridized carbons (Fsp3) is 0.318. The largest absolute Gasteiger partial charge is 0.495 e. The summed E-state index contributed by atoms with van der Waals surface area (Å²) in [6.07, 6.45) is 0.779. The van der Waals surface area contributed by atoms with Crippen LogP contribution < -0.4 is 21.3 Å². The van der Waals surface area contributed by atoms with Gasteiger partial charge in [0.25, 0.3) is 5.56 Å². The van der Waals surface area contributed by atoms with Gasteiger partial charge < -0.3 is 10.1 Å². The van der Waals surface area contributed by atoms with Crippen molar-refractivity contribution in [3.63, 3.8) is 0 Å². The van der Waals surface area contributed by atoms with Crippen LogP contribution in [0.1, 0.15) is 25.8 Å². The summed E-state index contributed by atoms with van der Waals surface area (Å²) in [6, 6.07) is 12.1. The van der Waals surface area contributed by atoms with Gasteiger partial charge in [-0.1, -0.05) is 30.7 Å². The minimum absolute atomic E-state index is 0.00756.